The summed E-state index contributed by atoms with van der Waals surface area (Å²) in [5, 5.41) is 9.04. The van der Waals surface area contributed by atoms with Gasteiger partial charge in [0, 0.05) is 15.1 Å². The molecule has 0 aliphatic heterocycles. The summed E-state index contributed by atoms with van der Waals surface area (Å²) in [5.41, 5.74) is 2.02. The third-order valence-corrected chi connectivity index (χ3v) is 3.67. The molecule has 0 atom stereocenters. The van der Waals surface area contributed by atoms with E-state index in [0.717, 1.165) is 25.5 Å². The van der Waals surface area contributed by atoms with Gasteiger partial charge in [0.25, 0.3) is 0 Å². The third kappa shape index (κ3) is 1.70. The van der Waals surface area contributed by atoms with Crippen molar-refractivity contribution in [2.75, 3.05) is 0 Å². The fourth-order valence-electron chi connectivity index (χ4n) is 1.84. The highest BCUT2D eigenvalue weighted by molar-refractivity contribution is 9.11. The van der Waals surface area contributed by atoms with Gasteiger partial charge < -0.3 is 0 Å². The van der Waals surface area contributed by atoms with Gasteiger partial charge in [-0.1, -0.05) is 22.0 Å². The molecule has 3 nitrogen and oxygen atoms in total. The average molecular weight is 353 g/mol. The Kier molecular flexibility index (Phi) is 2.52. The molecule has 3 aromatic rings. The van der Waals surface area contributed by atoms with E-state index in [9.17, 15) is 0 Å². The van der Waals surface area contributed by atoms with Gasteiger partial charge in [0.05, 0.1) is 10.9 Å². The van der Waals surface area contributed by atoms with Gasteiger partial charge in [-0.2, -0.15) is 0 Å². The number of nitrogens with zero attached hydrogens (tertiary/aromatic N) is 2. The van der Waals surface area contributed by atoms with Crippen LogP contribution in [0.5, 0.6) is 0 Å². The van der Waals surface area contributed by atoms with E-state index in [-0.39, 0.29) is 0 Å². The molecule has 1 N–H and O–H groups in total. The smallest absolute Gasteiger partial charge is 0.141 e. The van der Waals surface area contributed by atoms with Crippen LogP contribution in [0.1, 0.15) is 0 Å². The molecule has 0 radical (unpaired) electrons. The number of hydrogen-bond acceptors (Lipinski definition) is 2. The highest BCUT2D eigenvalue weighted by Crippen LogP contribution is 2.25. The normalized spacial score (nSPS) is 11.2. The summed E-state index contributed by atoms with van der Waals surface area (Å²) >= 11 is 6.91. The summed E-state index contributed by atoms with van der Waals surface area (Å²) in [6.45, 7) is 0. The van der Waals surface area contributed by atoms with Crippen LogP contribution < -0.4 is 5.49 Å². The van der Waals surface area contributed by atoms with E-state index in [4.69, 9.17) is 5.41 Å². The zero-order valence-electron chi connectivity index (χ0n) is 8.61. The maximum atomic E-state index is 8.22. The highest BCUT2D eigenvalue weighted by atomic mass is 79.9. The van der Waals surface area contributed by atoms with E-state index in [1.807, 2.05) is 36.5 Å². The lowest BCUT2D eigenvalue weighted by molar-refractivity contribution is 1.00. The predicted molar refractivity (Wildman–Crippen MR) is 74.0 cm³/mol. The molecule has 0 bridgehead atoms. The minimum absolute atomic E-state index is 0.435. The van der Waals surface area contributed by atoms with E-state index in [1.54, 1.807) is 4.40 Å². The summed E-state index contributed by atoms with van der Waals surface area (Å²) < 4.78 is 3.59. The van der Waals surface area contributed by atoms with Crippen LogP contribution in [0, 0.1) is 5.41 Å². The van der Waals surface area contributed by atoms with E-state index < -0.39 is 0 Å². The summed E-state index contributed by atoms with van der Waals surface area (Å²) in [7, 11) is 0. The SMILES string of the molecule is N=c1c2c(Br)cc(Br)cc2nc2ccccn12. The number of nitrogens with one attached hydrogen (secondary N) is 1. The molecule has 3 rings (SSSR count). The number of fused-ring (bicyclic) bond motifs is 2. The largest absolute Gasteiger partial charge is 0.286 e. The first-order valence-electron chi connectivity index (χ1n) is 4.97. The summed E-state index contributed by atoms with van der Waals surface area (Å²) in [6, 6.07) is 9.56. The van der Waals surface area contributed by atoms with E-state index in [1.165, 1.54) is 0 Å². The Morgan fingerprint density at radius 2 is 2.00 bits per heavy atom. The second-order valence-electron chi connectivity index (χ2n) is 3.67. The molecule has 2 heterocycles. The van der Waals surface area contributed by atoms with Gasteiger partial charge in [0.2, 0.25) is 0 Å². The molecule has 0 spiro atoms. The van der Waals surface area contributed by atoms with Crippen molar-refractivity contribution in [3.63, 3.8) is 0 Å². The van der Waals surface area contributed by atoms with Crippen LogP contribution >= 0.6 is 31.9 Å². The number of halogens is 2. The molecule has 0 amide bonds. The first kappa shape index (κ1) is 10.9. The minimum atomic E-state index is 0.435. The van der Waals surface area contributed by atoms with Crippen molar-refractivity contribution in [1.29, 1.82) is 5.41 Å². The van der Waals surface area contributed by atoms with Gasteiger partial charge >= 0.3 is 0 Å². The predicted octanol–water partition coefficient (Wildman–Crippen LogP) is 3.49. The molecule has 0 saturated carbocycles. The molecule has 84 valence electrons. The lowest BCUT2D eigenvalue weighted by atomic mass is 10.2. The number of aromatic nitrogens is 2. The Morgan fingerprint density at radius 3 is 2.82 bits per heavy atom. The maximum absolute atomic E-state index is 8.22. The minimum Gasteiger partial charge on any atom is -0.286 e. The molecule has 0 fully saturated rings. The van der Waals surface area contributed by atoms with Crippen molar-refractivity contribution in [2.45, 2.75) is 0 Å². The summed E-state index contributed by atoms with van der Waals surface area (Å²) in [6.07, 6.45) is 1.85. The third-order valence-electron chi connectivity index (χ3n) is 2.59. The van der Waals surface area contributed by atoms with Crippen molar-refractivity contribution < 1.29 is 0 Å². The Bertz CT molecular complexity index is 793. The second-order valence-corrected chi connectivity index (χ2v) is 5.44. The van der Waals surface area contributed by atoms with Crippen LogP contribution in [0.15, 0.2) is 45.5 Å². The van der Waals surface area contributed by atoms with E-state index >= 15 is 0 Å². The molecule has 5 heteroatoms. The quantitative estimate of drug-likeness (QED) is 0.618. The maximum Gasteiger partial charge on any atom is 0.141 e. The van der Waals surface area contributed by atoms with Gasteiger partial charge in [-0.05, 0) is 40.2 Å². The van der Waals surface area contributed by atoms with Gasteiger partial charge in [-0.25, -0.2) is 4.98 Å². The first-order chi connectivity index (χ1) is 8.16. The topological polar surface area (TPSA) is 41.2 Å². The lowest BCUT2D eigenvalue weighted by Gasteiger charge is -2.06. The molecule has 2 aromatic heterocycles. The van der Waals surface area contributed by atoms with Crippen LogP contribution in [-0.4, -0.2) is 9.38 Å². The fourth-order valence-corrected chi connectivity index (χ4v) is 3.23. The van der Waals surface area contributed by atoms with Gasteiger partial charge in [0.1, 0.15) is 11.1 Å². The van der Waals surface area contributed by atoms with Gasteiger partial charge in [0.15, 0.2) is 0 Å². The number of pyridine rings is 1. The van der Waals surface area contributed by atoms with Crippen LogP contribution in [0.4, 0.5) is 0 Å². The lowest BCUT2D eigenvalue weighted by Crippen LogP contribution is -2.15. The molecule has 17 heavy (non-hydrogen) atoms. The molecule has 0 aliphatic carbocycles. The zero-order valence-corrected chi connectivity index (χ0v) is 11.8. The Labute approximate surface area is 114 Å². The van der Waals surface area contributed by atoms with Crippen LogP contribution in [0.3, 0.4) is 0 Å². The van der Waals surface area contributed by atoms with Crippen molar-refractivity contribution in [1.82, 2.24) is 9.38 Å². The Morgan fingerprint density at radius 1 is 1.18 bits per heavy atom. The van der Waals surface area contributed by atoms with Crippen molar-refractivity contribution in [2.24, 2.45) is 0 Å². The van der Waals surface area contributed by atoms with Gasteiger partial charge in [-0.3, -0.25) is 9.81 Å². The van der Waals surface area contributed by atoms with Crippen molar-refractivity contribution in [3.05, 3.63) is 51.0 Å². The van der Waals surface area contributed by atoms with E-state index in [0.29, 0.717) is 5.49 Å². The average Bonchev–Trinajstić information content (AvgIpc) is 2.28. The fraction of sp³-hybridized carbons (Fsp3) is 0. The first-order valence-corrected chi connectivity index (χ1v) is 6.56. The monoisotopic (exact) mass is 351 g/mol. The van der Waals surface area contributed by atoms with Crippen LogP contribution in [0.2, 0.25) is 0 Å². The summed E-state index contributed by atoms with van der Waals surface area (Å²) in [5.74, 6) is 0. The number of hydrogen-bond donors (Lipinski definition) is 1. The molecule has 0 saturated heterocycles. The molecule has 0 unspecified atom stereocenters. The molecular weight excluding hydrogens is 346 g/mol. The highest BCUT2D eigenvalue weighted by Gasteiger charge is 2.07. The Balaban J connectivity index is 2.64. The summed E-state index contributed by atoms with van der Waals surface area (Å²) in [4.78, 5) is 4.54. The van der Waals surface area contributed by atoms with Crippen molar-refractivity contribution >= 4 is 48.4 Å². The molecular formula is C12H7Br2N3. The molecule has 0 aliphatic rings. The Hall–Kier alpha value is -1.20. The van der Waals surface area contributed by atoms with Crippen molar-refractivity contribution in [3.8, 4) is 0 Å². The number of rotatable bonds is 0. The number of benzene rings is 1. The van der Waals surface area contributed by atoms with Gasteiger partial charge in [-0.15, -0.1) is 0 Å². The van der Waals surface area contributed by atoms with Crippen LogP contribution in [-0.2, 0) is 0 Å². The second kappa shape index (κ2) is 3.92. The zero-order chi connectivity index (χ0) is 12.0. The molecule has 1 aromatic carbocycles. The van der Waals surface area contributed by atoms with E-state index in [2.05, 4.69) is 36.8 Å². The standard InChI is InChI=1S/C12H7Br2N3/c13-7-5-8(14)11-9(6-7)16-10-3-1-2-4-17(10)12(11)15/h1-6,15H. The van der Waals surface area contributed by atoms with Crippen LogP contribution in [0.25, 0.3) is 16.6 Å².